The van der Waals surface area contributed by atoms with Gasteiger partial charge in [-0.2, -0.15) is 0 Å². The first kappa shape index (κ1) is 15.2. The SMILES string of the molecule is CC(C)C(N)c1nccn1C.Cl.Cl. The second kappa shape index (κ2) is 6.24. The highest BCUT2D eigenvalue weighted by molar-refractivity contribution is 5.85. The lowest BCUT2D eigenvalue weighted by Gasteiger charge is -2.14. The van der Waals surface area contributed by atoms with Gasteiger partial charge in [0.05, 0.1) is 6.04 Å². The zero-order valence-electron chi connectivity index (χ0n) is 8.10. The van der Waals surface area contributed by atoms with E-state index in [2.05, 4.69) is 18.8 Å². The van der Waals surface area contributed by atoms with Gasteiger partial charge in [-0.05, 0) is 5.92 Å². The summed E-state index contributed by atoms with van der Waals surface area (Å²) in [6.45, 7) is 4.19. The van der Waals surface area contributed by atoms with Crippen molar-refractivity contribution in [3.63, 3.8) is 0 Å². The van der Waals surface area contributed by atoms with Crippen LogP contribution in [0.2, 0.25) is 0 Å². The predicted molar refractivity (Wildman–Crippen MR) is 59.5 cm³/mol. The van der Waals surface area contributed by atoms with Crippen molar-refractivity contribution in [3.05, 3.63) is 18.2 Å². The van der Waals surface area contributed by atoms with E-state index in [-0.39, 0.29) is 30.9 Å². The summed E-state index contributed by atoms with van der Waals surface area (Å²) in [5.41, 5.74) is 5.90. The highest BCUT2D eigenvalue weighted by Crippen LogP contribution is 2.15. The summed E-state index contributed by atoms with van der Waals surface area (Å²) in [6, 6.07) is 0.0509. The van der Waals surface area contributed by atoms with Crippen LogP contribution in [0.5, 0.6) is 0 Å². The maximum atomic E-state index is 5.90. The van der Waals surface area contributed by atoms with Crippen LogP contribution in [0.1, 0.15) is 25.7 Å². The molecule has 0 bridgehead atoms. The minimum Gasteiger partial charge on any atom is -0.337 e. The van der Waals surface area contributed by atoms with Crippen molar-refractivity contribution >= 4 is 24.8 Å². The summed E-state index contributed by atoms with van der Waals surface area (Å²) in [7, 11) is 1.96. The van der Waals surface area contributed by atoms with E-state index in [1.54, 1.807) is 6.20 Å². The quantitative estimate of drug-likeness (QED) is 0.837. The van der Waals surface area contributed by atoms with Crippen molar-refractivity contribution in [2.45, 2.75) is 19.9 Å². The van der Waals surface area contributed by atoms with Gasteiger partial charge >= 0.3 is 0 Å². The lowest BCUT2D eigenvalue weighted by Crippen LogP contribution is -2.20. The van der Waals surface area contributed by atoms with Crippen LogP contribution in [0.4, 0.5) is 0 Å². The third kappa shape index (κ3) is 3.55. The molecule has 1 rings (SSSR count). The summed E-state index contributed by atoms with van der Waals surface area (Å²) in [4.78, 5) is 4.17. The zero-order valence-corrected chi connectivity index (χ0v) is 9.73. The molecule has 1 aromatic heterocycles. The number of hydrogen-bond acceptors (Lipinski definition) is 2. The molecule has 1 unspecified atom stereocenters. The minimum atomic E-state index is 0. The highest BCUT2D eigenvalue weighted by atomic mass is 35.5. The van der Waals surface area contributed by atoms with Gasteiger partial charge in [0, 0.05) is 19.4 Å². The fourth-order valence-electron chi connectivity index (χ4n) is 0.996. The van der Waals surface area contributed by atoms with E-state index in [4.69, 9.17) is 5.73 Å². The third-order valence-corrected chi connectivity index (χ3v) is 1.87. The van der Waals surface area contributed by atoms with E-state index in [1.807, 2.05) is 17.8 Å². The number of hydrogen-bond donors (Lipinski definition) is 1. The summed E-state index contributed by atoms with van der Waals surface area (Å²) < 4.78 is 1.96. The van der Waals surface area contributed by atoms with Crippen LogP contribution >= 0.6 is 24.8 Å². The Morgan fingerprint density at radius 1 is 1.38 bits per heavy atom. The molecule has 78 valence electrons. The summed E-state index contributed by atoms with van der Waals surface area (Å²) in [5.74, 6) is 1.40. The smallest absolute Gasteiger partial charge is 0.125 e. The topological polar surface area (TPSA) is 43.8 Å². The Morgan fingerprint density at radius 2 is 1.92 bits per heavy atom. The standard InChI is InChI=1S/C8H15N3.2ClH/c1-6(2)7(9)8-10-4-5-11(8)3;;/h4-7H,9H2,1-3H3;2*1H. The number of imidazole rings is 1. The third-order valence-electron chi connectivity index (χ3n) is 1.87. The van der Waals surface area contributed by atoms with Crippen LogP contribution in [-0.2, 0) is 7.05 Å². The second-order valence-corrected chi connectivity index (χ2v) is 3.17. The molecule has 1 aromatic rings. The van der Waals surface area contributed by atoms with Gasteiger partial charge in [-0.15, -0.1) is 24.8 Å². The van der Waals surface area contributed by atoms with Crippen LogP contribution in [0, 0.1) is 5.92 Å². The Morgan fingerprint density at radius 3 is 2.23 bits per heavy atom. The largest absolute Gasteiger partial charge is 0.337 e. The van der Waals surface area contributed by atoms with Crippen molar-refractivity contribution in [2.75, 3.05) is 0 Å². The average Bonchev–Trinajstić information content (AvgIpc) is 2.33. The number of aryl methyl sites for hydroxylation is 1. The fraction of sp³-hybridized carbons (Fsp3) is 0.625. The van der Waals surface area contributed by atoms with Gasteiger partial charge in [0.15, 0.2) is 0 Å². The number of nitrogens with zero attached hydrogens (tertiary/aromatic N) is 2. The molecule has 0 aliphatic carbocycles. The van der Waals surface area contributed by atoms with Crippen molar-refractivity contribution < 1.29 is 0 Å². The maximum Gasteiger partial charge on any atom is 0.125 e. The van der Waals surface area contributed by atoms with Crippen molar-refractivity contribution in [1.82, 2.24) is 9.55 Å². The van der Waals surface area contributed by atoms with Crippen molar-refractivity contribution in [3.8, 4) is 0 Å². The Bertz CT molecular complexity index is 235. The molecule has 2 N–H and O–H groups in total. The van der Waals surface area contributed by atoms with Gasteiger partial charge < -0.3 is 10.3 Å². The Balaban J connectivity index is 0. The molecular weight excluding hydrogens is 209 g/mol. The molecule has 0 spiro atoms. The lowest BCUT2D eigenvalue weighted by atomic mass is 10.1. The van der Waals surface area contributed by atoms with Crippen LogP contribution < -0.4 is 5.73 Å². The van der Waals surface area contributed by atoms with Crippen LogP contribution in [0.25, 0.3) is 0 Å². The molecule has 13 heavy (non-hydrogen) atoms. The molecule has 0 amide bonds. The molecule has 3 nitrogen and oxygen atoms in total. The first-order valence-corrected chi connectivity index (χ1v) is 3.85. The number of rotatable bonds is 2. The lowest BCUT2D eigenvalue weighted by molar-refractivity contribution is 0.478. The predicted octanol–water partition coefficient (Wildman–Crippen LogP) is 1.92. The number of halogens is 2. The Kier molecular flexibility index (Phi) is 7.31. The molecule has 0 saturated heterocycles. The van der Waals surface area contributed by atoms with E-state index in [1.165, 1.54) is 0 Å². The van der Waals surface area contributed by atoms with E-state index in [0.717, 1.165) is 5.82 Å². The maximum absolute atomic E-state index is 5.90. The molecule has 0 fully saturated rings. The first-order valence-electron chi connectivity index (χ1n) is 3.85. The highest BCUT2D eigenvalue weighted by Gasteiger charge is 2.13. The molecule has 0 aliphatic heterocycles. The zero-order chi connectivity index (χ0) is 8.43. The summed E-state index contributed by atoms with van der Waals surface area (Å²) in [5, 5.41) is 0. The minimum absolute atomic E-state index is 0. The van der Waals surface area contributed by atoms with Gasteiger partial charge in [-0.25, -0.2) is 4.98 Å². The van der Waals surface area contributed by atoms with Crippen LogP contribution in [-0.4, -0.2) is 9.55 Å². The van der Waals surface area contributed by atoms with E-state index < -0.39 is 0 Å². The molecule has 0 aromatic carbocycles. The number of aromatic nitrogens is 2. The molecule has 1 atom stereocenters. The van der Waals surface area contributed by atoms with Gasteiger partial charge in [-0.3, -0.25) is 0 Å². The van der Waals surface area contributed by atoms with Crippen molar-refractivity contribution in [1.29, 1.82) is 0 Å². The molecule has 1 heterocycles. The molecule has 0 aliphatic rings. The van der Waals surface area contributed by atoms with Crippen LogP contribution in [0.3, 0.4) is 0 Å². The van der Waals surface area contributed by atoms with Crippen molar-refractivity contribution in [2.24, 2.45) is 18.7 Å². The van der Waals surface area contributed by atoms with Gasteiger partial charge in [0.2, 0.25) is 0 Å². The molecule has 5 heteroatoms. The second-order valence-electron chi connectivity index (χ2n) is 3.17. The first-order chi connectivity index (χ1) is 5.13. The summed E-state index contributed by atoms with van der Waals surface area (Å²) >= 11 is 0. The molecular formula is C8H17Cl2N3. The van der Waals surface area contributed by atoms with E-state index >= 15 is 0 Å². The normalized spacial score (nSPS) is 11.8. The summed E-state index contributed by atoms with van der Waals surface area (Å²) in [6.07, 6.45) is 3.69. The van der Waals surface area contributed by atoms with Gasteiger partial charge in [0.25, 0.3) is 0 Å². The fourth-order valence-corrected chi connectivity index (χ4v) is 0.996. The van der Waals surface area contributed by atoms with Crippen LogP contribution in [0.15, 0.2) is 12.4 Å². The Labute approximate surface area is 91.5 Å². The van der Waals surface area contributed by atoms with Gasteiger partial charge in [0.1, 0.15) is 5.82 Å². The van der Waals surface area contributed by atoms with Gasteiger partial charge in [-0.1, -0.05) is 13.8 Å². The Hall–Kier alpha value is -0.250. The number of nitrogens with two attached hydrogens (primary N) is 1. The monoisotopic (exact) mass is 225 g/mol. The van der Waals surface area contributed by atoms with E-state index in [0.29, 0.717) is 5.92 Å². The molecule has 0 saturated carbocycles. The van der Waals surface area contributed by atoms with E-state index in [9.17, 15) is 0 Å². The average molecular weight is 226 g/mol. The molecule has 0 radical (unpaired) electrons.